The zero-order valence-electron chi connectivity index (χ0n) is 13.1. The molecule has 0 fully saturated rings. The van der Waals surface area contributed by atoms with Gasteiger partial charge in [-0.15, -0.1) is 0 Å². The van der Waals surface area contributed by atoms with E-state index >= 15 is 0 Å². The summed E-state index contributed by atoms with van der Waals surface area (Å²) in [5, 5.41) is 2.95. The number of hydrogen-bond acceptors (Lipinski definition) is 2. The van der Waals surface area contributed by atoms with Crippen LogP contribution in [0.1, 0.15) is 22.5 Å². The van der Waals surface area contributed by atoms with E-state index < -0.39 is 0 Å². The van der Waals surface area contributed by atoms with Gasteiger partial charge >= 0.3 is 0 Å². The normalized spacial score (nSPS) is 10.9. The molecule has 0 atom stereocenters. The molecule has 1 N–H and O–H groups in total. The van der Waals surface area contributed by atoms with Crippen LogP contribution in [0.2, 0.25) is 0 Å². The van der Waals surface area contributed by atoms with Gasteiger partial charge < -0.3 is 9.72 Å². The molecule has 0 bridgehead atoms. The number of amides is 1. The number of carbonyl (C=O) groups excluding carboxylic acids is 1. The first-order valence-electron chi connectivity index (χ1n) is 7.33. The number of nitrogens with zero attached hydrogens (tertiary/aromatic N) is 2. The molecule has 1 aromatic carbocycles. The van der Waals surface area contributed by atoms with Gasteiger partial charge in [0.1, 0.15) is 5.65 Å². The highest BCUT2D eigenvalue weighted by molar-refractivity contribution is 5.92. The lowest BCUT2D eigenvalue weighted by atomic mass is 10.1. The van der Waals surface area contributed by atoms with Crippen LogP contribution in [-0.2, 0) is 11.2 Å². The fraction of sp³-hybridized carbons (Fsp3) is 0.222. The van der Waals surface area contributed by atoms with Crippen molar-refractivity contribution in [1.82, 2.24) is 9.38 Å². The van der Waals surface area contributed by atoms with Crippen LogP contribution >= 0.6 is 0 Å². The minimum Gasteiger partial charge on any atom is -0.324 e. The molecule has 112 valence electrons. The number of nitrogens with one attached hydrogen (secondary N) is 1. The molecule has 4 heteroatoms. The van der Waals surface area contributed by atoms with Gasteiger partial charge in [-0.2, -0.15) is 0 Å². The fourth-order valence-corrected chi connectivity index (χ4v) is 2.45. The van der Waals surface area contributed by atoms with Crippen molar-refractivity contribution in [3.8, 4) is 0 Å². The first-order chi connectivity index (χ1) is 10.5. The minimum atomic E-state index is -0.0160. The Labute approximate surface area is 129 Å². The van der Waals surface area contributed by atoms with E-state index in [0.29, 0.717) is 6.42 Å². The van der Waals surface area contributed by atoms with E-state index in [-0.39, 0.29) is 5.91 Å². The third-order valence-electron chi connectivity index (χ3n) is 3.86. The van der Waals surface area contributed by atoms with Crippen molar-refractivity contribution in [3.05, 3.63) is 65.1 Å². The van der Waals surface area contributed by atoms with E-state index in [1.54, 1.807) is 0 Å². The Balaban J connectivity index is 1.76. The monoisotopic (exact) mass is 293 g/mol. The number of benzene rings is 1. The van der Waals surface area contributed by atoms with Gasteiger partial charge in [-0.05, 0) is 38.5 Å². The van der Waals surface area contributed by atoms with Crippen LogP contribution in [0.15, 0.2) is 42.6 Å². The zero-order chi connectivity index (χ0) is 15.7. The fourth-order valence-electron chi connectivity index (χ4n) is 2.45. The topological polar surface area (TPSA) is 46.4 Å². The van der Waals surface area contributed by atoms with Gasteiger partial charge in [0.05, 0.1) is 17.8 Å². The van der Waals surface area contributed by atoms with Crippen molar-refractivity contribution in [2.75, 3.05) is 5.32 Å². The Morgan fingerprint density at radius 1 is 1.09 bits per heavy atom. The van der Waals surface area contributed by atoms with E-state index in [9.17, 15) is 4.79 Å². The summed E-state index contributed by atoms with van der Waals surface area (Å²) in [4.78, 5) is 16.6. The van der Waals surface area contributed by atoms with Crippen molar-refractivity contribution in [1.29, 1.82) is 0 Å². The molecule has 2 heterocycles. The number of imidazole rings is 1. The lowest BCUT2D eigenvalue weighted by Crippen LogP contribution is -2.14. The third-order valence-corrected chi connectivity index (χ3v) is 3.86. The molecule has 2 aromatic heterocycles. The number of aryl methyl sites for hydroxylation is 3. The number of carbonyl (C=O) groups is 1. The summed E-state index contributed by atoms with van der Waals surface area (Å²) in [6.45, 7) is 6.04. The summed E-state index contributed by atoms with van der Waals surface area (Å²) in [6, 6.07) is 11.8. The molecule has 0 unspecified atom stereocenters. The summed E-state index contributed by atoms with van der Waals surface area (Å²) in [7, 11) is 0. The van der Waals surface area contributed by atoms with E-state index in [1.165, 1.54) is 5.56 Å². The van der Waals surface area contributed by atoms with Gasteiger partial charge in [-0.25, -0.2) is 4.98 Å². The number of aromatic nitrogens is 2. The van der Waals surface area contributed by atoms with Gasteiger partial charge in [0, 0.05) is 11.9 Å². The molecule has 3 aromatic rings. The molecular formula is C18H19N3O. The summed E-state index contributed by atoms with van der Waals surface area (Å²) in [5.74, 6) is -0.0160. The van der Waals surface area contributed by atoms with Crippen molar-refractivity contribution in [2.24, 2.45) is 0 Å². The van der Waals surface area contributed by atoms with E-state index in [2.05, 4.69) is 10.3 Å². The quantitative estimate of drug-likeness (QED) is 0.804. The first kappa shape index (κ1) is 14.3. The smallest absolute Gasteiger partial charge is 0.228 e. The molecule has 0 saturated heterocycles. The van der Waals surface area contributed by atoms with Gasteiger partial charge in [-0.1, -0.05) is 29.8 Å². The highest BCUT2D eigenvalue weighted by Gasteiger charge is 2.07. The molecule has 0 aliphatic heterocycles. The van der Waals surface area contributed by atoms with Crippen molar-refractivity contribution >= 4 is 17.2 Å². The first-order valence-corrected chi connectivity index (χ1v) is 7.33. The standard InChI is InChI=1S/C18H19N3O/c1-12-4-6-15(7-5-12)10-18(22)20-16-8-9-17-19-13(2)14(3)21(17)11-16/h4-9,11H,10H2,1-3H3,(H,20,22). The molecule has 4 nitrogen and oxygen atoms in total. The molecule has 0 aliphatic carbocycles. The highest BCUT2D eigenvalue weighted by atomic mass is 16.1. The predicted molar refractivity (Wildman–Crippen MR) is 88.2 cm³/mol. The predicted octanol–water partition coefficient (Wildman–Crippen LogP) is 3.44. The van der Waals surface area contributed by atoms with Crippen LogP contribution in [0, 0.1) is 20.8 Å². The molecule has 0 spiro atoms. The van der Waals surface area contributed by atoms with Crippen LogP contribution in [0.3, 0.4) is 0 Å². The van der Waals surface area contributed by atoms with Crippen molar-refractivity contribution in [2.45, 2.75) is 27.2 Å². The maximum Gasteiger partial charge on any atom is 0.228 e. The van der Waals surface area contributed by atoms with Gasteiger partial charge in [0.2, 0.25) is 5.91 Å². The maximum atomic E-state index is 12.2. The van der Waals surface area contributed by atoms with Gasteiger partial charge in [0.25, 0.3) is 0 Å². The number of fused-ring (bicyclic) bond motifs is 1. The second-order valence-electron chi connectivity index (χ2n) is 5.64. The van der Waals surface area contributed by atoms with Crippen LogP contribution in [0.5, 0.6) is 0 Å². The molecule has 0 radical (unpaired) electrons. The Morgan fingerprint density at radius 2 is 1.82 bits per heavy atom. The summed E-state index contributed by atoms with van der Waals surface area (Å²) >= 11 is 0. The summed E-state index contributed by atoms with van der Waals surface area (Å²) in [5.41, 5.74) is 5.98. The Bertz CT molecular complexity index is 831. The highest BCUT2D eigenvalue weighted by Crippen LogP contribution is 2.15. The van der Waals surface area contributed by atoms with Crippen LogP contribution in [0.25, 0.3) is 5.65 Å². The SMILES string of the molecule is Cc1ccc(CC(=O)Nc2ccc3nc(C)c(C)n3c2)cc1. The molecule has 0 saturated carbocycles. The van der Waals surface area contributed by atoms with Gasteiger partial charge in [-0.3, -0.25) is 4.79 Å². The molecule has 22 heavy (non-hydrogen) atoms. The molecule has 3 rings (SSSR count). The van der Waals surface area contributed by atoms with E-state index in [1.807, 2.05) is 67.8 Å². The average Bonchev–Trinajstić information content (AvgIpc) is 2.77. The van der Waals surface area contributed by atoms with Crippen LogP contribution < -0.4 is 5.32 Å². The molecule has 1 amide bonds. The Morgan fingerprint density at radius 3 is 2.55 bits per heavy atom. The molecular weight excluding hydrogens is 274 g/mol. The maximum absolute atomic E-state index is 12.2. The van der Waals surface area contributed by atoms with Crippen LogP contribution in [-0.4, -0.2) is 15.3 Å². The van der Waals surface area contributed by atoms with E-state index in [4.69, 9.17) is 0 Å². The number of hydrogen-bond donors (Lipinski definition) is 1. The average molecular weight is 293 g/mol. The number of anilines is 1. The summed E-state index contributed by atoms with van der Waals surface area (Å²) < 4.78 is 2.00. The van der Waals surface area contributed by atoms with E-state index in [0.717, 1.165) is 28.3 Å². The molecule has 0 aliphatic rings. The van der Waals surface area contributed by atoms with Gasteiger partial charge in [0.15, 0.2) is 0 Å². The lowest BCUT2D eigenvalue weighted by molar-refractivity contribution is -0.115. The van der Waals surface area contributed by atoms with Crippen LogP contribution in [0.4, 0.5) is 5.69 Å². The Kier molecular flexibility index (Phi) is 3.67. The van der Waals surface area contributed by atoms with Crippen molar-refractivity contribution in [3.63, 3.8) is 0 Å². The summed E-state index contributed by atoms with van der Waals surface area (Å²) in [6.07, 6.45) is 2.29. The Hall–Kier alpha value is -2.62. The minimum absolute atomic E-state index is 0.0160. The zero-order valence-corrected chi connectivity index (χ0v) is 13.1. The lowest BCUT2D eigenvalue weighted by Gasteiger charge is -2.07. The number of rotatable bonds is 3. The largest absolute Gasteiger partial charge is 0.324 e. The third kappa shape index (κ3) is 2.86. The number of pyridine rings is 1. The second-order valence-corrected chi connectivity index (χ2v) is 5.64. The second kappa shape index (κ2) is 5.64. The van der Waals surface area contributed by atoms with Crippen molar-refractivity contribution < 1.29 is 4.79 Å².